The number of ether oxygens (including phenoxy) is 1. The van der Waals surface area contributed by atoms with E-state index < -0.39 is 0 Å². The summed E-state index contributed by atoms with van der Waals surface area (Å²) in [6.45, 7) is 2.01. The van der Waals surface area contributed by atoms with E-state index in [1.54, 1.807) is 24.5 Å². The summed E-state index contributed by atoms with van der Waals surface area (Å²) in [6.07, 6.45) is 0. The van der Waals surface area contributed by atoms with Crippen LogP contribution in [0.4, 0.5) is 0 Å². The zero-order valence-electron chi connectivity index (χ0n) is 10.0. The van der Waals surface area contributed by atoms with Gasteiger partial charge in [-0.05, 0) is 25.1 Å². The number of methoxy groups -OCH3 is 1. The lowest BCUT2D eigenvalue weighted by molar-refractivity contribution is 0.392. The number of hydrogen-bond donors (Lipinski definition) is 0. The largest absolute Gasteiger partial charge is 0.480 e. The Balaban J connectivity index is 2.06. The summed E-state index contributed by atoms with van der Waals surface area (Å²) in [5, 5.41) is 9.18. The normalized spacial score (nSPS) is 10.8. The lowest BCUT2D eigenvalue weighted by Crippen LogP contribution is -1.91. The third-order valence-electron chi connectivity index (χ3n) is 2.64. The van der Waals surface area contributed by atoms with Gasteiger partial charge in [-0.1, -0.05) is 6.07 Å². The Morgan fingerprint density at radius 1 is 1.11 bits per heavy atom. The third kappa shape index (κ3) is 1.93. The zero-order chi connectivity index (χ0) is 12.5. The van der Waals surface area contributed by atoms with Gasteiger partial charge in [0.15, 0.2) is 0 Å². The van der Waals surface area contributed by atoms with Gasteiger partial charge < -0.3 is 4.74 Å². The molecule has 1 aromatic carbocycles. The van der Waals surface area contributed by atoms with Crippen molar-refractivity contribution in [2.75, 3.05) is 7.11 Å². The van der Waals surface area contributed by atoms with Gasteiger partial charge in [0.05, 0.1) is 28.0 Å². The van der Waals surface area contributed by atoms with Crippen LogP contribution in [0.3, 0.4) is 0 Å². The molecule has 2 aromatic heterocycles. The molecule has 0 aliphatic heterocycles. The van der Waals surface area contributed by atoms with Crippen molar-refractivity contribution in [3.8, 4) is 17.1 Å². The minimum atomic E-state index is 0.518. The van der Waals surface area contributed by atoms with Gasteiger partial charge in [-0.25, -0.2) is 4.98 Å². The van der Waals surface area contributed by atoms with E-state index >= 15 is 0 Å². The Morgan fingerprint density at radius 2 is 2.00 bits per heavy atom. The van der Waals surface area contributed by atoms with E-state index in [2.05, 4.69) is 21.2 Å². The molecule has 0 bridgehead atoms. The molecule has 18 heavy (non-hydrogen) atoms. The molecule has 0 N–H and O–H groups in total. The number of rotatable bonds is 2. The SMILES string of the molecule is COc1ccc(-c2ccc3sc(C)nc3c2)nn1. The van der Waals surface area contributed by atoms with Crippen LogP contribution in [0.15, 0.2) is 30.3 Å². The van der Waals surface area contributed by atoms with Gasteiger partial charge in [0.2, 0.25) is 5.88 Å². The Bertz CT molecular complexity index is 691. The number of nitrogens with zero attached hydrogens (tertiary/aromatic N) is 3. The van der Waals surface area contributed by atoms with Gasteiger partial charge in [-0.15, -0.1) is 21.5 Å². The number of aromatic nitrogens is 3. The van der Waals surface area contributed by atoms with Crippen LogP contribution in [-0.4, -0.2) is 22.3 Å². The van der Waals surface area contributed by atoms with Crippen LogP contribution in [0.1, 0.15) is 5.01 Å². The molecule has 0 radical (unpaired) electrons. The average Bonchev–Trinajstić information content (AvgIpc) is 2.78. The van der Waals surface area contributed by atoms with Gasteiger partial charge in [0, 0.05) is 11.6 Å². The summed E-state index contributed by atoms with van der Waals surface area (Å²) in [4.78, 5) is 4.48. The predicted octanol–water partition coefficient (Wildman–Crippen LogP) is 3.07. The maximum absolute atomic E-state index is 4.99. The monoisotopic (exact) mass is 257 g/mol. The molecule has 3 aromatic rings. The molecule has 0 fully saturated rings. The molecule has 0 aliphatic carbocycles. The lowest BCUT2D eigenvalue weighted by Gasteiger charge is -2.01. The second-order valence-electron chi connectivity index (χ2n) is 3.88. The molecule has 5 heteroatoms. The smallest absolute Gasteiger partial charge is 0.233 e. The molecule has 0 atom stereocenters. The maximum Gasteiger partial charge on any atom is 0.233 e. The van der Waals surface area contributed by atoms with E-state index in [9.17, 15) is 0 Å². The molecule has 4 nitrogen and oxygen atoms in total. The quantitative estimate of drug-likeness (QED) is 0.708. The van der Waals surface area contributed by atoms with Gasteiger partial charge in [-0.2, -0.15) is 0 Å². The summed E-state index contributed by atoms with van der Waals surface area (Å²) in [5.74, 6) is 0.518. The molecule has 0 saturated carbocycles. The number of aryl methyl sites for hydroxylation is 1. The van der Waals surface area contributed by atoms with E-state index in [-0.39, 0.29) is 0 Å². The van der Waals surface area contributed by atoms with Crippen LogP contribution in [0.2, 0.25) is 0 Å². The molecule has 0 unspecified atom stereocenters. The fraction of sp³-hybridized carbons (Fsp3) is 0.154. The lowest BCUT2D eigenvalue weighted by atomic mass is 10.1. The minimum absolute atomic E-state index is 0.518. The van der Waals surface area contributed by atoms with Crippen LogP contribution in [0, 0.1) is 6.92 Å². The second-order valence-corrected chi connectivity index (χ2v) is 5.11. The van der Waals surface area contributed by atoms with E-state index in [0.29, 0.717) is 5.88 Å². The molecule has 0 spiro atoms. The zero-order valence-corrected chi connectivity index (χ0v) is 10.9. The van der Waals surface area contributed by atoms with Gasteiger partial charge >= 0.3 is 0 Å². The van der Waals surface area contributed by atoms with Crippen molar-refractivity contribution in [1.82, 2.24) is 15.2 Å². The van der Waals surface area contributed by atoms with E-state index in [1.807, 2.05) is 25.1 Å². The highest BCUT2D eigenvalue weighted by Gasteiger charge is 2.05. The van der Waals surface area contributed by atoms with Crippen molar-refractivity contribution >= 4 is 21.6 Å². The topological polar surface area (TPSA) is 47.9 Å². The molecule has 0 saturated heterocycles. The first-order valence-electron chi connectivity index (χ1n) is 5.51. The minimum Gasteiger partial charge on any atom is -0.480 e. The molecule has 2 heterocycles. The first kappa shape index (κ1) is 11.1. The molecular formula is C13H11N3OS. The molecule has 0 aliphatic rings. The molecule has 90 valence electrons. The average molecular weight is 257 g/mol. The standard InChI is InChI=1S/C13H11N3OS/c1-8-14-11-7-9(3-5-12(11)18-8)10-4-6-13(17-2)16-15-10/h3-7H,1-2H3. The van der Waals surface area contributed by atoms with E-state index in [4.69, 9.17) is 4.74 Å². The van der Waals surface area contributed by atoms with Crippen LogP contribution >= 0.6 is 11.3 Å². The van der Waals surface area contributed by atoms with Crippen molar-refractivity contribution in [3.63, 3.8) is 0 Å². The Kier molecular flexibility index (Phi) is 2.68. The van der Waals surface area contributed by atoms with Gasteiger partial charge in [0.25, 0.3) is 0 Å². The second kappa shape index (κ2) is 4.34. The van der Waals surface area contributed by atoms with E-state index in [0.717, 1.165) is 21.8 Å². The maximum atomic E-state index is 4.99. The highest BCUT2D eigenvalue weighted by molar-refractivity contribution is 7.18. The number of hydrogen-bond acceptors (Lipinski definition) is 5. The summed E-state index contributed by atoms with van der Waals surface area (Å²) in [5.41, 5.74) is 2.85. The van der Waals surface area contributed by atoms with Crippen LogP contribution in [-0.2, 0) is 0 Å². The van der Waals surface area contributed by atoms with Crippen LogP contribution in [0.5, 0.6) is 5.88 Å². The summed E-state index contributed by atoms with van der Waals surface area (Å²) >= 11 is 1.69. The number of fused-ring (bicyclic) bond motifs is 1. The highest BCUT2D eigenvalue weighted by Crippen LogP contribution is 2.26. The number of benzene rings is 1. The summed E-state index contributed by atoms with van der Waals surface area (Å²) in [7, 11) is 1.58. The van der Waals surface area contributed by atoms with Crippen LogP contribution in [0.25, 0.3) is 21.5 Å². The fourth-order valence-corrected chi connectivity index (χ4v) is 2.59. The third-order valence-corrected chi connectivity index (χ3v) is 3.59. The van der Waals surface area contributed by atoms with Crippen molar-refractivity contribution < 1.29 is 4.74 Å². The predicted molar refractivity (Wildman–Crippen MR) is 71.9 cm³/mol. The molecular weight excluding hydrogens is 246 g/mol. The Hall–Kier alpha value is -2.01. The van der Waals surface area contributed by atoms with E-state index in [1.165, 1.54) is 4.70 Å². The first-order valence-corrected chi connectivity index (χ1v) is 6.33. The van der Waals surface area contributed by atoms with Gasteiger partial charge in [0.1, 0.15) is 0 Å². The van der Waals surface area contributed by atoms with Crippen molar-refractivity contribution in [2.45, 2.75) is 6.92 Å². The van der Waals surface area contributed by atoms with Crippen molar-refractivity contribution in [3.05, 3.63) is 35.3 Å². The Morgan fingerprint density at radius 3 is 2.72 bits per heavy atom. The van der Waals surface area contributed by atoms with Crippen molar-refractivity contribution in [1.29, 1.82) is 0 Å². The fourth-order valence-electron chi connectivity index (χ4n) is 1.78. The van der Waals surface area contributed by atoms with Crippen molar-refractivity contribution in [2.24, 2.45) is 0 Å². The summed E-state index contributed by atoms with van der Waals surface area (Å²) < 4.78 is 6.19. The summed E-state index contributed by atoms with van der Waals surface area (Å²) in [6, 6.07) is 9.85. The molecule has 3 rings (SSSR count). The van der Waals surface area contributed by atoms with Crippen LogP contribution < -0.4 is 4.74 Å². The molecule has 0 amide bonds. The first-order chi connectivity index (χ1) is 8.76. The Labute approximate surface area is 108 Å². The number of thiazole rings is 1. The van der Waals surface area contributed by atoms with Gasteiger partial charge in [-0.3, -0.25) is 0 Å². The highest BCUT2D eigenvalue weighted by atomic mass is 32.1.